The summed E-state index contributed by atoms with van der Waals surface area (Å²) in [5, 5.41) is 0.717. The van der Waals surface area contributed by atoms with Gasteiger partial charge in [-0.1, -0.05) is 19.3 Å². The molecule has 16 heavy (non-hydrogen) atoms. The first-order chi connectivity index (χ1) is 7.84. The molecule has 88 valence electrons. The van der Waals surface area contributed by atoms with Crippen molar-refractivity contribution in [1.29, 1.82) is 0 Å². The topological polar surface area (TPSA) is 30.2 Å². The Morgan fingerprint density at radius 3 is 2.88 bits per heavy atom. The van der Waals surface area contributed by atoms with E-state index in [1.807, 2.05) is 23.9 Å². The molecule has 0 amide bonds. The predicted molar refractivity (Wildman–Crippen MR) is 66.8 cm³/mol. The fraction of sp³-hybridized carbons (Fsp3) is 0.615. The van der Waals surface area contributed by atoms with Gasteiger partial charge >= 0.3 is 0 Å². The van der Waals surface area contributed by atoms with E-state index in [2.05, 4.69) is 0 Å². The van der Waals surface area contributed by atoms with Gasteiger partial charge in [-0.15, -0.1) is 0 Å². The lowest BCUT2D eigenvalue weighted by Gasteiger charge is -2.20. The maximum atomic E-state index is 11.7. The smallest absolute Gasteiger partial charge is 0.150 e. The number of carbonyl (C=O) groups excluding carboxylic acids is 1. The minimum atomic E-state index is 0.283. The molecule has 1 saturated carbocycles. The number of ketones is 1. The van der Waals surface area contributed by atoms with Crippen molar-refractivity contribution >= 4 is 17.5 Å². The second-order valence-corrected chi connectivity index (χ2v) is 5.65. The lowest BCUT2D eigenvalue weighted by Crippen LogP contribution is -2.13. The molecule has 1 aliphatic carbocycles. The van der Waals surface area contributed by atoms with Crippen LogP contribution in [0.4, 0.5) is 0 Å². The second kappa shape index (κ2) is 6.14. The van der Waals surface area contributed by atoms with Gasteiger partial charge in [0.25, 0.3) is 0 Å². The van der Waals surface area contributed by atoms with Crippen LogP contribution >= 0.6 is 11.8 Å². The van der Waals surface area contributed by atoms with Crippen LogP contribution in [0.25, 0.3) is 0 Å². The van der Waals surface area contributed by atoms with Crippen molar-refractivity contribution in [2.45, 2.75) is 43.8 Å². The van der Waals surface area contributed by atoms with Crippen LogP contribution < -0.4 is 0 Å². The van der Waals surface area contributed by atoms with Crippen LogP contribution in [-0.4, -0.2) is 16.8 Å². The zero-order valence-corrected chi connectivity index (χ0v) is 10.3. The molecule has 1 aliphatic rings. The van der Waals surface area contributed by atoms with Gasteiger partial charge in [-0.3, -0.25) is 4.79 Å². The van der Waals surface area contributed by atoms with Crippen LogP contribution in [-0.2, 0) is 11.2 Å². The first kappa shape index (κ1) is 11.8. The van der Waals surface area contributed by atoms with Crippen molar-refractivity contribution in [2.75, 3.05) is 5.75 Å². The lowest BCUT2D eigenvalue weighted by atomic mass is 10.0. The molecule has 1 heterocycles. The van der Waals surface area contributed by atoms with Crippen LogP contribution in [0.1, 0.15) is 37.9 Å². The number of hydrogen-bond donors (Lipinski definition) is 0. The first-order valence-electron chi connectivity index (χ1n) is 6.00. The highest BCUT2D eigenvalue weighted by atomic mass is 32.2. The molecule has 0 aromatic carbocycles. The van der Waals surface area contributed by atoms with Gasteiger partial charge < -0.3 is 4.42 Å². The summed E-state index contributed by atoms with van der Waals surface area (Å²) in [6, 6.07) is 3.69. The Balaban J connectivity index is 1.67. The summed E-state index contributed by atoms with van der Waals surface area (Å²) in [6.07, 6.45) is 8.70. The Morgan fingerprint density at radius 2 is 2.19 bits per heavy atom. The van der Waals surface area contributed by atoms with Gasteiger partial charge in [0, 0.05) is 5.25 Å². The Labute approximate surface area is 101 Å². The molecule has 2 nitrogen and oxygen atoms in total. The number of thioether (sulfide) groups is 1. The number of hydrogen-bond acceptors (Lipinski definition) is 3. The van der Waals surface area contributed by atoms with Crippen LogP contribution in [0, 0.1) is 0 Å². The first-order valence-corrected chi connectivity index (χ1v) is 7.05. The molecule has 0 atom stereocenters. The van der Waals surface area contributed by atoms with Crippen molar-refractivity contribution in [1.82, 2.24) is 0 Å². The predicted octanol–water partition coefficient (Wildman–Crippen LogP) is 3.46. The third-order valence-electron chi connectivity index (χ3n) is 2.98. The molecule has 0 radical (unpaired) electrons. The zero-order chi connectivity index (χ0) is 11.2. The van der Waals surface area contributed by atoms with Crippen molar-refractivity contribution in [2.24, 2.45) is 0 Å². The number of Topliss-reactive ketones (excluding diaryl/α,β-unsaturated/α-hetero) is 1. The SMILES string of the molecule is O=C(CSC1CCCCC1)Cc1ccco1. The standard InChI is InChI=1S/C13H18O2S/c14-11(9-12-5-4-8-15-12)10-16-13-6-2-1-3-7-13/h4-5,8,13H,1-3,6-7,9-10H2. The van der Waals surface area contributed by atoms with Crippen LogP contribution in [0.2, 0.25) is 0 Å². The van der Waals surface area contributed by atoms with E-state index in [0.29, 0.717) is 17.4 Å². The van der Waals surface area contributed by atoms with Gasteiger partial charge in [0.05, 0.1) is 18.4 Å². The summed E-state index contributed by atoms with van der Waals surface area (Å²) >= 11 is 1.84. The van der Waals surface area contributed by atoms with Crippen molar-refractivity contribution in [3.63, 3.8) is 0 Å². The van der Waals surface area contributed by atoms with Crippen molar-refractivity contribution in [3.8, 4) is 0 Å². The van der Waals surface area contributed by atoms with E-state index >= 15 is 0 Å². The summed E-state index contributed by atoms with van der Waals surface area (Å²) in [6.45, 7) is 0. The van der Waals surface area contributed by atoms with E-state index in [4.69, 9.17) is 4.42 Å². The minimum Gasteiger partial charge on any atom is -0.469 e. The monoisotopic (exact) mass is 238 g/mol. The average Bonchev–Trinajstić information content (AvgIpc) is 2.81. The van der Waals surface area contributed by atoms with Gasteiger partial charge in [-0.25, -0.2) is 0 Å². The van der Waals surface area contributed by atoms with Gasteiger partial charge in [-0.05, 0) is 25.0 Å². The van der Waals surface area contributed by atoms with Crippen LogP contribution in [0.5, 0.6) is 0 Å². The fourth-order valence-electron chi connectivity index (χ4n) is 2.10. The Bertz CT molecular complexity index is 313. The highest BCUT2D eigenvalue weighted by Gasteiger charge is 2.15. The van der Waals surface area contributed by atoms with Gasteiger partial charge in [0.1, 0.15) is 11.5 Å². The maximum absolute atomic E-state index is 11.7. The molecule has 1 aromatic rings. The molecular formula is C13H18O2S. The summed E-state index contributed by atoms with van der Waals surface area (Å²) in [7, 11) is 0. The van der Waals surface area contributed by atoms with Crippen LogP contribution in [0.3, 0.4) is 0 Å². The molecule has 1 aromatic heterocycles. The summed E-state index contributed by atoms with van der Waals surface area (Å²) in [5.74, 6) is 1.71. The molecule has 0 unspecified atom stereocenters. The van der Waals surface area contributed by atoms with E-state index in [-0.39, 0.29) is 5.78 Å². The molecule has 0 saturated heterocycles. The molecule has 2 rings (SSSR count). The van der Waals surface area contributed by atoms with Gasteiger partial charge in [0.15, 0.2) is 0 Å². The molecule has 3 heteroatoms. The Kier molecular flexibility index (Phi) is 4.52. The van der Waals surface area contributed by atoms with Crippen molar-refractivity contribution in [3.05, 3.63) is 24.2 Å². The third-order valence-corrected chi connectivity index (χ3v) is 4.42. The maximum Gasteiger partial charge on any atom is 0.150 e. The summed E-state index contributed by atoms with van der Waals surface area (Å²) in [4.78, 5) is 11.7. The van der Waals surface area contributed by atoms with E-state index in [1.165, 1.54) is 32.1 Å². The van der Waals surface area contributed by atoms with Gasteiger partial charge in [0.2, 0.25) is 0 Å². The van der Waals surface area contributed by atoms with Gasteiger partial charge in [-0.2, -0.15) is 11.8 Å². The molecule has 0 bridgehead atoms. The minimum absolute atomic E-state index is 0.283. The number of rotatable bonds is 5. The fourth-order valence-corrected chi connectivity index (χ4v) is 3.29. The summed E-state index contributed by atoms with van der Waals surface area (Å²) < 4.78 is 5.17. The summed E-state index contributed by atoms with van der Waals surface area (Å²) in [5.41, 5.74) is 0. The third kappa shape index (κ3) is 3.71. The van der Waals surface area contributed by atoms with E-state index in [9.17, 15) is 4.79 Å². The Morgan fingerprint density at radius 1 is 1.38 bits per heavy atom. The van der Waals surface area contributed by atoms with Crippen LogP contribution in [0.15, 0.2) is 22.8 Å². The highest BCUT2D eigenvalue weighted by Crippen LogP contribution is 2.28. The lowest BCUT2D eigenvalue weighted by molar-refractivity contribution is -0.116. The molecule has 0 spiro atoms. The zero-order valence-electron chi connectivity index (χ0n) is 9.48. The van der Waals surface area contributed by atoms with E-state index < -0.39 is 0 Å². The Hall–Kier alpha value is -0.700. The molecule has 0 N–H and O–H groups in total. The van der Waals surface area contributed by atoms with E-state index in [0.717, 1.165) is 5.76 Å². The van der Waals surface area contributed by atoms with E-state index in [1.54, 1.807) is 6.26 Å². The largest absolute Gasteiger partial charge is 0.469 e. The average molecular weight is 238 g/mol. The molecule has 1 fully saturated rings. The quantitative estimate of drug-likeness (QED) is 0.787. The molecule has 0 aliphatic heterocycles. The number of furan rings is 1. The molecular weight excluding hydrogens is 220 g/mol. The number of carbonyl (C=O) groups is 1. The normalized spacial score (nSPS) is 17.5. The second-order valence-electron chi connectivity index (χ2n) is 4.37. The van der Waals surface area contributed by atoms with Crippen molar-refractivity contribution < 1.29 is 9.21 Å². The highest BCUT2D eigenvalue weighted by molar-refractivity contribution is 8.00.